The van der Waals surface area contributed by atoms with Gasteiger partial charge < -0.3 is 14.4 Å². The molecule has 0 saturated carbocycles. The summed E-state index contributed by atoms with van der Waals surface area (Å²) in [5.41, 5.74) is 1.54. The second-order valence-electron chi connectivity index (χ2n) is 7.92. The van der Waals surface area contributed by atoms with E-state index < -0.39 is 0 Å². The molecule has 0 bridgehead atoms. The Labute approximate surface area is 198 Å². The van der Waals surface area contributed by atoms with Gasteiger partial charge in [0.2, 0.25) is 0 Å². The molecule has 1 fully saturated rings. The highest BCUT2D eigenvalue weighted by Crippen LogP contribution is 2.35. The molecular weight excluding hydrogens is 451 g/mol. The number of ether oxygens (including phenoxy) is 2. The first-order valence-electron chi connectivity index (χ1n) is 10.6. The van der Waals surface area contributed by atoms with Crippen LogP contribution in [0.25, 0.3) is 10.1 Å². The first-order chi connectivity index (χ1) is 15.1. The van der Waals surface area contributed by atoms with Crippen molar-refractivity contribution in [1.29, 1.82) is 0 Å². The number of piperidine rings is 1. The summed E-state index contributed by atoms with van der Waals surface area (Å²) in [4.78, 5) is 13.9. The number of ketones is 1. The standard InChI is InChI=1S/C24H27FN2O3S.ClH/c1-16(28)18-7-8-20(21(15-18)29-2)30-14-4-11-27-12-9-17(10-13-27)24-23-19(25)5-3-6-22(23)31-26-24;/h3,5-8,15,17H,4,9-14H2,1-2H3;1H. The SMILES string of the molecule is COc1cc(C(C)=O)ccc1OCCCN1CCC(c2nsc3cccc(F)c23)CC1.Cl. The Hall–Kier alpha value is -2.22. The molecule has 172 valence electrons. The maximum absolute atomic E-state index is 14.3. The molecule has 0 radical (unpaired) electrons. The fourth-order valence-electron chi connectivity index (χ4n) is 4.16. The highest BCUT2D eigenvalue weighted by Gasteiger charge is 2.25. The number of carbonyl (C=O) groups excluding carboxylic acids is 1. The van der Waals surface area contributed by atoms with E-state index in [-0.39, 0.29) is 24.0 Å². The number of Topliss-reactive ketones (excluding diaryl/α,β-unsaturated/α-hetero) is 1. The number of fused-ring (bicyclic) bond motifs is 1. The number of methoxy groups -OCH3 is 1. The van der Waals surface area contributed by atoms with Crippen molar-refractivity contribution in [1.82, 2.24) is 9.27 Å². The first-order valence-corrected chi connectivity index (χ1v) is 11.4. The van der Waals surface area contributed by atoms with Crippen molar-refractivity contribution in [2.24, 2.45) is 0 Å². The number of carbonyl (C=O) groups is 1. The van der Waals surface area contributed by atoms with E-state index in [0.29, 0.717) is 35.0 Å². The molecule has 3 aromatic rings. The lowest BCUT2D eigenvalue weighted by atomic mass is 9.91. The molecule has 2 heterocycles. The van der Waals surface area contributed by atoms with Crippen molar-refractivity contribution in [2.75, 3.05) is 33.4 Å². The van der Waals surface area contributed by atoms with Gasteiger partial charge in [0, 0.05) is 18.0 Å². The largest absolute Gasteiger partial charge is 0.493 e. The number of benzene rings is 2. The number of hydrogen-bond donors (Lipinski definition) is 0. The highest BCUT2D eigenvalue weighted by molar-refractivity contribution is 7.13. The van der Waals surface area contributed by atoms with Gasteiger partial charge in [-0.1, -0.05) is 6.07 Å². The minimum absolute atomic E-state index is 0. The maximum Gasteiger partial charge on any atom is 0.161 e. The molecule has 0 amide bonds. The van der Waals surface area contributed by atoms with Gasteiger partial charge >= 0.3 is 0 Å². The van der Waals surface area contributed by atoms with Crippen LogP contribution in [0.3, 0.4) is 0 Å². The second kappa shape index (κ2) is 11.1. The molecular formula is C24H28ClFN2O3S. The molecule has 32 heavy (non-hydrogen) atoms. The second-order valence-corrected chi connectivity index (χ2v) is 8.73. The van der Waals surface area contributed by atoms with E-state index in [1.54, 1.807) is 31.4 Å². The zero-order valence-electron chi connectivity index (χ0n) is 18.3. The Kier molecular flexibility index (Phi) is 8.45. The predicted molar refractivity (Wildman–Crippen MR) is 128 cm³/mol. The fraction of sp³-hybridized carbons (Fsp3) is 0.417. The number of aromatic nitrogens is 1. The predicted octanol–water partition coefficient (Wildman–Crippen LogP) is 5.72. The lowest BCUT2D eigenvalue weighted by molar-refractivity contribution is 0.101. The van der Waals surface area contributed by atoms with Gasteiger partial charge in [-0.25, -0.2) is 4.39 Å². The van der Waals surface area contributed by atoms with Crippen LogP contribution >= 0.6 is 23.9 Å². The van der Waals surface area contributed by atoms with Gasteiger partial charge in [-0.2, -0.15) is 4.37 Å². The van der Waals surface area contributed by atoms with Crippen LogP contribution in [-0.2, 0) is 0 Å². The van der Waals surface area contributed by atoms with E-state index >= 15 is 0 Å². The Morgan fingerprint density at radius 3 is 2.72 bits per heavy atom. The molecule has 1 aliphatic heterocycles. The van der Waals surface area contributed by atoms with Gasteiger partial charge in [-0.3, -0.25) is 4.79 Å². The molecule has 5 nitrogen and oxygen atoms in total. The molecule has 2 aromatic carbocycles. The van der Waals surface area contributed by atoms with Crippen LogP contribution in [0, 0.1) is 5.82 Å². The van der Waals surface area contributed by atoms with E-state index in [4.69, 9.17) is 9.47 Å². The molecule has 8 heteroatoms. The summed E-state index contributed by atoms with van der Waals surface area (Å²) < 4.78 is 31.0. The average Bonchev–Trinajstić information content (AvgIpc) is 3.22. The fourth-order valence-corrected chi connectivity index (χ4v) is 5.03. The summed E-state index contributed by atoms with van der Waals surface area (Å²) in [5.74, 6) is 1.40. The van der Waals surface area contributed by atoms with Gasteiger partial charge in [-0.05, 0) is 81.1 Å². The van der Waals surface area contributed by atoms with Crippen LogP contribution in [0.1, 0.15) is 48.2 Å². The molecule has 4 rings (SSSR count). The normalized spacial score (nSPS) is 14.8. The summed E-state index contributed by atoms with van der Waals surface area (Å²) in [7, 11) is 1.58. The van der Waals surface area contributed by atoms with Crippen molar-refractivity contribution >= 4 is 39.8 Å². The molecule has 0 spiro atoms. The van der Waals surface area contributed by atoms with Gasteiger partial charge in [0.25, 0.3) is 0 Å². The molecule has 0 aliphatic carbocycles. The number of nitrogens with zero attached hydrogens (tertiary/aromatic N) is 2. The Morgan fingerprint density at radius 2 is 2.00 bits per heavy atom. The molecule has 0 N–H and O–H groups in total. The third kappa shape index (κ3) is 5.39. The average molecular weight is 479 g/mol. The van der Waals surface area contributed by atoms with Gasteiger partial charge in [0.05, 0.1) is 29.5 Å². The highest BCUT2D eigenvalue weighted by atomic mass is 35.5. The van der Waals surface area contributed by atoms with Crippen LogP contribution in [0.5, 0.6) is 11.5 Å². The smallest absolute Gasteiger partial charge is 0.161 e. The molecule has 0 atom stereocenters. The Balaban J connectivity index is 0.00000289. The maximum atomic E-state index is 14.3. The van der Waals surface area contributed by atoms with Crippen molar-refractivity contribution in [2.45, 2.75) is 32.1 Å². The Morgan fingerprint density at radius 1 is 1.22 bits per heavy atom. The van der Waals surface area contributed by atoms with E-state index in [9.17, 15) is 9.18 Å². The number of likely N-dealkylation sites (tertiary alicyclic amines) is 1. The molecule has 1 saturated heterocycles. The van der Waals surface area contributed by atoms with Gasteiger partial charge in [0.1, 0.15) is 5.82 Å². The van der Waals surface area contributed by atoms with Crippen molar-refractivity contribution in [3.8, 4) is 11.5 Å². The van der Waals surface area contributed by atoms with E-state index in [1.807, 2.05) is 6.07 Å². The summed E-state index contributed by atoms with van der Waals surface area (Å²) in [6.07, 6.45) is 2.89. The first kappa shape index (κ1) is 24.4. The van der Waals surface area contributed by atoms with Crippen molar-refractivity contribution in [3.05, 3.63) is 53.5 Å². The topological polar surface area (TPSA) is 51.7 Å². The van der Waals surface area contributed by atoms with Gasteiger partial charge in [-0.15, -0.1) is 12.4 Å². The number of halogens is 2. The van der Waals surface area contributed by atoms with Crippen molar-refractivity contribution in [3.63, 3.8) is 0 Å². The lowest BCUT2D eigenvalue weighted by Crippen LogP contribution is -2.34. The third-order valence-corrected chi connectivity index (χ3v) is 6.72. The van der Waals surface area contributed by atoms with E-state index in [1.165, 1.54) is 24.5 Å². The third-order valence-electron chi connectivity index (χ3n) is 5.89. The monoisotopic (exact) mass is 478 g/mol. The zero-order chi connectivity index (χ0) is 21.8. The quantitative estimate of drug-likeness (QED) is 0.306. The van der Waals surface area contributed by atoms with Crippen LogP contribution < -0.4 is 9.47 Å². The zero-order valence-corrected chi connectivity index (χ0v) is 19.9. The molecule has 1 aromatic heterocycles. The van der Waals surface area contributed by atoms with Crippen LogP contribution in [-0.4, -0.2) is 48.4 Å². The van der Waals surface area contributed by atoms with Crippen molar-refractivity contribution < 1.29 is 18.7 Å². The molecule has 1 aliphatic rings. The summed E-state index contributed by atoms with van der Waals surface area (Å²) >= 11 is 1.39. The Bertz CT molecular complexity index is 1070. The van der Waals surface area contributed by atoms with E-state index in [0.717, 1.165) is 49.3 Å². The lowest BCUT2D eigenvalue weighted by Gasteiger charge is -2.31. The van der Waals surface area contributed by atoms with Gasteiger partial charge in [0.15, 0.2) is 17.3 Å². The minimum Gasteiger partial charge on any atom is -0.493 e. The van der Waals surface area contributed by atoms with Crippen LogP contribution in [0.15, 0.2) is 36.4 Å². The van der Waals surface area contributed by atoms with Crippen LogP contribution in [0.2, 0.25) is 0 Å². The molecule has 0 unspecified atom stereocenters. The summed E-state index contributed by atoms with van der Waals surface area (Å²) in [6.45, 7) is 5.03. The minimum atomic E-state index is -0.160. The summed E-state index contributed by atoms with van der Waals surface area (Å²) in [6, 6.07) is 10.5. The number of rotatable bonds is 8. The number of hydrogen-bond acceptors (Lipinski definition) is 6. The summed E-state index contributed by atoms with van der Waals surface area (Å²) in [5, 5.41) is 0.712. The van der Waals surface area contributed by atoms with Crippen LogP contribution in [0.4, 0.5) is 4.39 Å². The van der Waals surface area contributed by atoms with E-state index in [2.05, 4.69) is 9.27 Å².